The van der Waals surface area contributed by atoms with Crippen LogP contribution in [0.5, 0.6) is 5.88 Å². The zero-order valence-corrected chi connectivity index (χ0v) is 11.9. The first kappa shape index (κ1) is 14.1. The summed E-state index contributed by atoms with van der Waals surface area (Å²) >= 11 is 0. The summed E-state index contributed by atoms with van der Waals surface area (Å²) in [5, 5.41) is 2.72. The molecule has 1 aromatic rings. The SMILES string of the molecule is COc1ccc(NS(=O)(=O)C(C)CNC2CC2)cn1. The van der Waals surface area contributed by atoms with Crippen LogP contribution in [0.4, 0.5) is 5.69 Å². The van der Waals surface area contributed by atoms with Crippen molar-refractivity contribution in [2.45, 2.75) is 31.1 Å². The Kier molecular flexibility index (Phi) is 4.26. The summed E-state index contributed by atoms with van der Waals surface area (Å²) in [6.07, 6.45) is 3.72. The first-order chi connectivity index (χ1) is 9.01. The number of methoxy groups -OCH3 is 1. The third-order valence-corrected chi connectivity index (χ3v) is 4.75. The number of anilines is 1. The molecule has 1 aromatic heterocycles. The summed E-state index contributed by atoms with van der Waals surface area (Å²) in [7, 11) is -1.88. The molecule has 1 heterocycles. The van der Waals surface area contributed by atoms with E-state index in [4.69, 9.17) is 4.74 Å². The van der Waals surface area contributed by atoms with Crippen molar-refractivity contribution in [2.24, 2.45) is 0 Å². The summed E-state index contributed by atoms with van der Waals surface area (Å²) in [4.78, 5) is 3.96. The van der Waals surface area contributed by atoms with Gasteiger partial charge in [-0.25, -0.2) is 13.4 Å². The second-order valence-corrected chi connectivity index (χ2v) is 6.83. The molecular weight excluding hydrogens is 266 g/mol. The van der Waals surface area contributed by atoms with Gasteiger partial charge in [-0.15, -0.1) is 0 Å². The maximum Gasteiger partial charge on any atom is 0.236 e. The summed E-state index contributed by atoms with van der Waals surface area (Å²) in [5.74, 6) is 0.450. The van der Waals surface area contributed by atoms with Crippen LogP contribution in [-0.4, -0.2) is 38.3 Å². The van der Waals surface area contributed by atoms with Crippen molar-refractivity contribution in [1.29, 1.82) is 0 Å². The Balaban J connectivity index is 1.93. The minimum Gasteiger partial charge on any atom is -0.481 e. The van der Waals surface area contributed by atoms with E-state index in [0.29, 0.717) is 24.2 Å². The van der Waals surface area contributed by atoms with E-state index in [1.807, 2.05) is 0 Å². The van der Waals surface area contributed by atoms with Crippen LogP contribution < -0.4 is 14.8 Å². The Hall–Kier alpha value is -1.34. The molecule has 6 nitrogen and oxygen atoms in total. The zero-order valence-electron chi connectivity index (χ0n) is 11.1. The van der Waals surface area contributed by atoms with Gasteiger partial charge in [-0.05, 0) is 25.8 Å². The number of nitrogens with one attached hydrogen (secondary N) is 2. The molecule has 0 aromatic carbocycles. The molecule has 0 radical (unpaired) electrons. The summed E-state index contributed by atoms with van der Waals surface area (Å²) in [6.45, 7) is 2.15. The highest BCUT2D eigenvalue weighted by molar-refractivity contribution is 7.93. The van der Waals surface area contributed by atoms with Gasteiger partial charge in [0.1, 0.15) is 0 Å². The van der Waals surface area contributed by atoms with Crippen molar-refractivity contribution in [1.82, 2.24) is 10.3 Å². The zero-order chi connectivity index (χ0) is 13.9. The van der Waals surface area contributed by atoms with Gasteiger partial charge in [0.25, 0.3) is 0 Å². The predicted octanol–water partition coefficient (Wildman–Crippen LogP) is 0.972. The quantitative estimate of drug-likeness (QED) is 0.780. The molecule has 1 unspecified atom stereocenters. The van der Waals surface area contributed by atoms with Crippen LogP contribution in [0.15, 0.2) is 18.3 Å². The lowest BCUT2D eigenvalue weighted by atomic mass is 10.4. The van der Waals surface area contributed by atoms with Gasteiger partial charge in [0.05, 0.1) is 24.2 Å². The molecule has 1 fully saturated rings. The molecule has 1 aliphatic carbocycles. The number of hydrogen-bond acceptors (Lipinski definition) is 5. The van der Waals surface area contributed by atoms with Crippen molar-refractivity contribution in [3.63, 3.8) is 0 Å². The molecule has 7 heteroatoms. The largest absolute Gasteiger partial charge is 0.481 e. The lowest BCUT2D eigenvalue weighted by molar-refractivity contribution is 0.398. The molecule has 0 aliphatic heterocycles. The molecule has 0 bridgehead atoms. The molecule has 0 spiro atoms. The molecule has 1 aliphatic rings. The number of nitrogens with zero attached hydrogens (tertiary/aromatic N) is 1. The topological polar surface area (TPSA) is 80.3 Å². The van der Waals surface area contributed by atoms with E-state index in [-0.39, 0.29) is 0 Å². The average molecular weight is 285 g/mol. The van der Waals surface area contributed by atoms with E-state index in [1.54, 1.807) is 19.1 Å². The van der Waals surface area contributed by atoms with Gasteiger partial charge in [0.2, 0.25) is 15.9 Å². The number of ether oxygens (including phenoxy) is 1. The van der Waals surface area contributed by atoms with Gasteiger partial charge in [0.15, 0.2) is 0 Å². The first-order valence-electron chi connectivity index (χ1n) is 6.26. The van der Waals surface area contributed by atoms with E-state index < -0.39 is 15.3 Å². The minimum absolute atomic E-state index is 0.444. The van der Waals surface area contributed by atoms with Gasteiger partial charge in [-0.1, -0.05) is 0 Å². The molecule has 0 saturated heterocycles. The van der Waals surface area contributed by atoms with Crippen LogP contribution in [0, 0.1) is 0 Å². The summed E-state index contributed by atoms with van der Waals surface area (Å²) < 4.78 is 31.6. The number of aromatic nitrogens is 1. The van der Waals surface area contributed by atoms with Crippen molar-refractivity contribution < 1.29 is 13.2 Å². The van der Waals surface area contributed by atoms with Gasteiger partial charge in [-0.2, -0.15) is 0 Å². The average Bonchev–Trinajstić information content (AvgIpc) is 3.20. The second-order valence-electron chi connectivity index (χ2n) is 4.73. The lowest BCUT2D eigenvalue weighted by Crippen LogP contribution is -2.35. The van der Waals surface area contributed by atoms with E-state index in [1.165, 1.54) is 13.3 Å². The fraction of sp³-hybridized carbons (Fsp3) is 0.583. The maximum absolute atomic E-state index is 12.1. The van der Waals surface area contributed by atoms with Crippen molar-refractivity contribution in [2.75, 3.05) is 18.4 Å². The highest BCUT2D eigenvalue weighted by Crippen LogP contribution is 2.19. The monoisotopic (exact) mass is 285 g/mol. The first-order valence-corrected chi connectivity index (χ1v) is 7.81. The van der Waals surface area contributed by atoms with Gasteiger partial charge >= 0.3 is 0 Å². The summed E-state index contributed by atoms with van der Waals surface area (Å²) in [6, 6.07) is 3.75. The van der Waals surface area contributed by atoms with Crippen molar-refractivity contribution >= 4 is 15.7 Å². The number of pyridine rings is 1. The molecular formula is C12H19N3O3S. The molecule has 2 N–H and O–H groups in total. The van der Waals surface area contributed by atoms with Crippen LogP contribution in [0.2, 0.25) is 0 Å². The number of hydrogen-bond donors (Lipinski definition) is 2. The fourth-order valence-electron chi connectivity index (χ4n) is 1.56. The van der Waals surface area contributed by atoms with E-state index in [9.17, 15) is 8.42 Å². The van der Waals surface area contributed by atoms with E-state index >= 15 is 0 Å². The Morgan fingerprint density at radius 1 is 1.47 bits per heavy atom. The second kappa shape index (κ2) is 5.75. The molecule has 106 valence electrons. The fourth-order valence-corrected chi connectivity index (χ4v) is 2.52. The van der Waals surface area contributed by atoms with Crippen LogP contribution in [0.1, 0.15) is 19.8 Å². The Morgan fingerprint density at radius 3 is 2.74 bits per heavy atom. The smallest absolute Gasteiger partial charge is 0.236 e. The molecule has 0 amide bonds. The summed E-state index contributed by atoms with van der Waals surface area (Å²) in [5.41, 5.74) is 0.444. The Morgan fingerprint density at radius 2 is 2.21 bits per heavy atom. The van der Waals surface area contributed by atoms with E-state index in [0.717, 1.165) is 12.8 Å². The van der Waals surface area contributed by atoms with Gasteiger partial charge < -0.3 is 10.1 Å². The normalized spacial score (nSPS) is 16.9. The number of sulfonamides is 1. The third-order valence-electron chi connectivity index (χ3n) is 3.01. The third kappa shape index (κ3) is 4.07. The molecule has 2 rings (SSSR count). The molecule has 1 saturated carbocycles. The van der Waals surface area contributed by atoms with Crippen molar-refractivity contribution in [3.8, 4) is 5.88 Å². The van der Waals surface area contributed by atoms with Gasteiger partial charge in [-0.3, -0.25) is 4.72 Å². The standard InChI is InChI=1S/C12H19N3O3S/c1-9(7-13-10-3-4-10)19(16,17)15-11-5-6-12(18-2)14-8-11/h5-6,8-10,13,15H,3-4,7H2,1-2H3. The van der Waals surface area contributed by atoms with Crippen LogP contribution in [-0.2, 0) is 10.0 Å². The lowest BCUT2D eigenvalue weighted by Gasteiger charge is -2.15. The van der Waals surface area contributed by atoms with E-state index in [2.05, 4.69) is 15.0 Å². The Bertz CT molecular complexity index is 512. The van der Waals surface area contributed by atoms with Crippen LogP contribution in [0.3, 0.4) is 0 Å². The van der Waals surface area contributed by atoms with Crippen LogP contribution in [0.25, 0.3) is 0 Å². The van der Waals surface area contributed by atoms with Gasteiger partial charge in [0, 0.05) is 18.7 Å². The number of rotatable bonds is 7. The Labute approximate surface area is 113 Å². The molecule has 1 atom stereocenters. The minimum atomic E-state index is -3.39. The molecule has 19 heavy (non-hydrogen) atoms. The maximum atomic E-state index is 12.1. The van der Waals surface area contributed by atoms with Crippen molar-refractivity contribution in [3.05, 3.63) is 18.3 Å². The predicted molar refractivity (Wildman–Crippen MR) is 73.8 cm³/mol. The highest BCUT2D eigenvalue weighted by Gasteiger charge is 2.25. The van der Waals surface area contributed by atoms with Crippen LogP contribution >= 0.6 is 0 Å². The highest BCUT2D eigenvalue weighted by atomic mass is 32.2.